The van der Waals surface area contributed by atoms with Crippen LogP contribution in [0, 0.1) is 0 Å². The van der Waals surface area contributed by atoms with Crippen LogP contribution in [0.2, 0.25) is 0 Å². The van der Waals surface area contributed by atoms with Crippen molar-refractivity contribution in [2.75, 3.05) is 12.4 Å². The zero-order chi connectivity index (χ0) is 13.2. The van der Waals surface area contributed by atoms with Crippen LogP contribution in [0.4, 0.5) is 5.82 Å². The molecule has 0 radical (unpaired) electrons. The first-order valence-electron chi connectivity index (χ1n) is 6.44. The molecule has 0 aliphatic heterocycles. The normalized spacial score (nSPS) is 10.8. The van der Waals surface area contributed by atoms with Crippen molar-refractivity contribution < 1.29 is 0 Å². The molecule has 4 heteroatoms. The summed E-state index contributed by atoms with van der Waals surface area (Å²) in [5.74, 6) is 1.69. The number of aromatic amines is 1. The monoisotopic (exact) mass is 252 g/mol. The van der Waals surface area contributed by atoms with Gasteiger partial charge in [0.25, 0.3) is 0 Å². The summed E-state index contributed by atoms with van der Waals surface area (Å²) in [7, 11) is 1.85. The first kappa shape index (κ1) is 11.7. The lowest BCUT2D eigenvalue weighted by Crippen LogP contribution is -1.91. The highest BCUT2D eigenvalue weighted by molar-refractivity contribution is 5.77. The Hall–Kier alpha value is -2.36. The van der Waals surface area contributed by atoms with Gasteiger partial charge in [0.05, 0.1) is 5.52 Å². The van der Waals surface area contributed by atoms with E-state index in [1.54, 1.807) is 0 Å². The van der Waals surface area contributed by atoms with Gasteiger partial charge in [0.15, 0.2) is 5.65 Å². The zero-order valence-electron chi connectivity index (χ0n) is 11.1. The van der Waals surface area contributed by atoms with Gasteiger partial charge in [0.2, 0.25) is 0 Å². The highest BCUT2D eigenvalue weighted by atomic mass is 15.0. The summed E-state index contributed by atoms with van der Waals surface area (Å²) < 4.78 is 0. The minimum absolute atomic E-state index is 0.737. The second-order valence-electron chi connectivity index (χ2n) is 4.45. The fourth-order valence-electron chi connectivity index (χ4n) is 2.07. The summed E-state index contributed by atoms with van der Waals surface area (Å²) in [6, 6.07) is 12.4. The molecule has 0 aliphatic rings. The third kappa shape index (κ3) is 2.17. The first-order chi connectivity index (χ1) is 9.30. The number of aryl methyl sites for hydroxylation is 1. The van der Waals surface area contributed by atoms with Gasteiger partial charge in [-0.3, -0.25) is 0 Å². The van der Waals surface area contributed by atoms with Crippen LogP contribution in [0.15, 0.2) is 36.4 Å². The standard InChI is InChI=1S/C15H16N4/c1-3-10-4-6-11(7-5-10)14-17-12-8-9-13(16-2)18-15(12)19-14/h4-9H,3H2,1-2H3,(H2,16,17,18,19). The maximum absolute atomic E-state index is 4.54. The minimum atomic E-state index is 0.737. The Kier molecular flexibility index (Phi) is 2.91. The summed E-state index contributed by atoms with van der Waals surface area (Å²) in [6.07, 6.45) is 1.05. The molecule has 0 aliphatic carbocycles. The maximum Gasteiger partial charge on any atom is 0.180 e. The number of rotatable bonds is 3. The maximum atomic E-state index is 4.54. The molecule has 96 valence electrons. The van der Waals surface area contributed by atoms with Crippen LogP contribution in [-0.4, -0.2) is 22.0 Å². The molecular weight excluding hydrogens is 236 g/mol. The number of imidazole rings is 1. The van der Waals surface area contributed by atoms with Crippen molar-refractivity contribution in [2.45, 2.75) is 13.3 Å². The van der Waals surface area contributed by atoms with E-state index in [1.807, 2.05) is 19.2 Å². The molecule has 0 atom stereocenters. The van der Waals surface area contributed by atoms with Gasteiger partial charge in [-0.15, -0.1) is 0 Å². The van der Waals surface area contributed by atoms with Crippen molar-refractivity contribution >= 4 is 17.0 Å². The number of aromatic nitrogens is 3. The van der Waals surface area contributed by atoms with Crippen LogP contribution in [0.1, 0.15) is 12.5 Å². The van der Waals surface area contributed by atoms with E-state index in [2.05, 4.69) is 51.5 Å². The Balaban J connectivity index is 2.04. The van der Waals surface area contributed by atoms with Gasteiger partial charge < -0.3 is 10.3 Å². The number of benzene rings is 1. The molecule has 3 aromatic rings. The molecule has 3 rings (SSSR count). The average Bonchev–Trinajstić information content (AvgIpc) is 2.90. The third-order valence-electron chi connectivity index (χ3n) is 3.24. The largest absolute Gasteiger partial charge is 0.373 e. The van der Waals surface area contributed by atoms with Gasteiger partial charge in [-0.1, -0.05) is 31.2 Å². The number of hydrogen-bond donors (Lipinski definition) is 2. The lowest BCUT2D eigenvalue weighted by Gasteiger charge is -1.98. The Morgan fingerprint density at radius 1 is 1.05 bits per heavy atom. The number of H-pyrrole nitrogens is 1. The highest BCUT2D eigenvalue weighted by Gasteiger charge is 2.06. The van der Waals surface area contributed by atoms with Crippen molar-refractivity contribution in [2.24, 2.45) is 0 Å². The Bertz CT molecular complexity index is 698. The van der Waals surface area contributed by atoms with Gasteiger partial charge in [-0.2, -0.15) is 0 Å². The van der Waals surface area contributed by atoms with Gasteiger partial charge in [-0.05, 0) is 24.1 Å². The number of hydrogen-bond acceptors (Lipinski definition) is 3. The topological polar surface area (TPSA) is 53.6 Å². The van der Waals surface area contributed by atoms with E-state index in [9.17, 15) is 0 Å². The van der Waals surface area contributed by atoms with Crippen molar-refractivity contribution in [1.82, 2.24) is 15.0 Å². The molecule has 2 heterocycles. The minimum Gasteiger partial charge on any atom is -0.373 e. The second-order valence-corrected chi connectivity index (χ2v) is 4.45. The first-order valence-corrected chi connectivity index (χ1v) is 6.44. The molecule has 0 saturated heterocycles. The van der Waals surface area contributed by atoms with Crippen LogP contribution in [0.25, 0.3) is 22.6 Å². The summed E-state index contributed by atoms with van der Waals surface area (Å²) in [6.45, 7) is 2.15. The van der Waals surface area contributed by atoms with Crippen molar-refractivity contribution in [3.63, 3.8) is 0 Å². The van der Waals surface area contributed by atoms with E-state index in [1.165, 1.54) is 5.56 Å². The van der Waals surface area contributed by atoms with E-state index < -0.39 is 0 Å². The predicted molar refractivity (Wildman–Crippen MR) is 78.2 cm³/mol. The predicted octanol–water partition coefficient (Wildman–Crippen LogP) is 3.23. The third-order valence-corrected chi connectivity index (χ3v) is 3.24. The van der Waals surface area contributed by atoms with E-state index in [-0.39, 0.29) is 0 Å². The molecule has 0 spiro atoms. The Morgan fingerprint density at radius 2 is 1.84 bits per heavy atom. The fourth-order valence-corrected chi connectivity index (χ4v) is 2.07. The molecule has 2 aromatic heterocycles. The van der Waals surface area contributed by atoms with E-state index in [4.69, 9.17) is 0 Å². The molecule has 0 amide bonds. The van der Waals surface area contributed by atoms with E-state index >= 15 is 0 Å². The van der Waals surface area contributed by atoms with Crippen LogP contribution in [0.5, 0.6) is 0 Å². The van der Waals surface area contributed by atoms with Gasteiger partial charge in [0, 0.05) is 12.6 Å². The number of nitrogens with zero attached hydrogens (tertiary/aromatic N) is 2. The molecule has 2 N–H and O–H groups in total. The van der Waals surface area contributed by atoms with Crippen molar-refractivity contribution in [3.8, 4) is 11.4 Å². The summed E-state index contributed by atoms with van der Waals surface area (Å²) in [4.78, 5) is 12.3. The van der Waals surface area contributed by atoms with Crippen LogP contribution in [-0.2, 0) is 6.42 Å². The van der Waals surface area contributed by atoms with Crippen LogP contribution < -0.4 is 5.32 Å². The fraction of sp³-hybridized carbons (Fsp3) is 0.200. The molecule has 19 heavy (non-hydrogen) atoms. The number of pyridine rings is 1. The average molecular weight is 252 g/mol. The molecular formula is C15H16N4. The number of fused-ring (bicyclic) bond motifs is 1. The summed E-state index contributed by atoms with van der Waals surface area (Å²) >= 11 is 0. The lowest BCUT2D eigenvalue weighted by molar-refractivity contribution is 1.14. The number of nitrogens with one attached hydrogen (secondary N) is 2. The molecule has 1 aromatic carbocycles. The van der Waals surface area contributed by atoms with E-state index in [0.717, 1.165) is 34.8 Å². The van der Waals surface area contributed by atoms with Gasteiger partial charge >= 0.3 is 0 Å². The SMILES string of the molecule is CCc1ccc(-c2nc3nc(NC)ccc3[nH]2)cc1. The Labute approximate surface area is 111 Å². The van der Waals surface area contributed by atoms with Gasteiger partial charge in [-0.25, -0.2) is 9.97 Å². The van der Waals surface area contributed by atoms with E-state index in [0.29, 0.717) is 0 Å². The second kappa shape index (κ2) is 4.72. The summed E-state index contributed by atoms with van der Waals surface area (Å²) in [5, 5.41) is 3.02. The molecule has 0 bridgehead atoms. The van der Waals surface area contributed by atoms with Crippen molar-refractivity contribution in [3.05, 3.63) is 42.0 Å². The van der Waals surface area contributed by atoms with Crippen LogP contribution in [0.3, 0.4) is 0 Å². The molecule has 0 fully saturated rings. The molecule has 0 unspecified atom stereocenters. The highest BCUT2D eigenvalue weighted by Crippen LogP contribution is 2.21. The molecule has 0 saturated carbocycles. The smallest absolute Gasteiger partial charge is 0.180 e. The van der Waals surface area contributed by atoms with Crippen molar-refractivity contribution in [1.29, 1.82) is 0 Å². The Morgan fingerprint density at radius 3 is 2.53 bits per heavy atom. The van der Waals surface area contributed by atoms with Crippen LogP contribution >= 0.6 is 0 Å². The van der Waals surface area contributed by atoms with Gasteiger partial charge in [0.1, 0.15) is 11.6 Å². The number of anilines is 1. The quantitative estimate of drug-likeness (QED) is 0.752. The molecule has 4 nitrogen and oxygen atoms in total. The zero-order valence-corrected chi connectivity index (χ0v) is 11.1. The summed E-state index contributed by atoms with van der Waals surface area (Å²) in [5.41, 5.74) is 4.10. The lowest BCUT2D eigenvalue weighted by atomic mass is 10.1.